The van der Waals surface area contributed by atoms with Crippen molar-refractivity contribution in [2.24, 2.45) is 7.05 Å². The van der Waals surface area contributed by atoms with Crippen molar-refractivity contribution in [2.45, 2.75) is 6.18 Å². The van der Waals surface area contributed by atoms with Gasteiger partial charge >= 0.3 is 6.18 Å². The van der Waals surface area contributed by atoms with Crippen LogP contribution in [0.1, 0.15) is 15.9 Å². The Labute approximate surface area is 197 Å². The number of halogens is 3. The van der Waals surface area contributed by atoms with Gasteiger partial charge in [-0.15, -0.1) is 0 Å². The van der Waals surface area contributed by atoms with Crippen molar-refractivity contribution < 1.29 is 27.4 Å². The fourth-order valence-electron chi connectivity index (χ4n) is 3.66. The molecular formula is C24H18F3N5O3. The standard InChI is InChI=1S/C24H18F3N5O3/c1-31-14-15(11-30-31)21-10-19(4-5-29-21)35-18-2-3-22-20(9-18)23(33)32(6-7-34-22)17-8-16(12-28-13-17)24(25,26)27/h2-5,8-14H,6-7H2,1H3. The number of nitrogens with zero attached hydrogens (tertiary/aromatic N) is 5. The first-order valence-electron chi connectivity index (χ1n) is 10.5. The Kier molecular flexibility index (Phi) is 5.59. The van der Waals surface area contributed by atoms with Crippen LogP contribution in [0.2, 0.25) is 0 Å². The van der Waals surface area contributed by atoms with Gasteiger partial charge in [0.15, 0.2) is 0 Å². The van der Waals surface area contributed by atoms with Gasteiger partial charge in [-0.05, 0) is 30.3 Å². The van der Waals surface area contributed by atoms with Gasteiger partial charge in [-0.2, -0.15) is 18.3 Å². The first-order valence-corrected chi connectivity index (χ1v) is 10.5. The zero-order valence-electron chi connectivity index (χ0n) is 18.4. The molecule has 0 unspecified atom stereocenters. The Bertz CT molecular complexity index is 1400. The van der Waals surface area contributed by atoms with Crippen LogP contribution in [0.4, 0.5) is 18.9 Å². The Morgan fingerprint density at radius 3 is 2.66 bits per heavy atom. The van der Waals surface area contributed by atoms with Crippen LogP contribution >= 0.6 is 0 Å². The summed E-state index contributed by atoms with van der Waals surface area (Å²) in [6.45, 7) is 0.166. The Morgan fingerprint density at radius 1 is 1.06 bits per heavy atom. The van der Waals surface area contributed by atoms with E-state index in [-0.39, 0.29) is 24.4 Å². The second kappa shape index (κ2) is 8.75. The normalized spacial score (nSPS) is 13.7. The quantitative estimate of drug-likeness (QED) is 0.419. The van der Waals surface area contributed by atoms with Gasteiger partial charge < -0.3 is 14.4 Å². The summed E-state index contributed by atoms with van der Waals surface area (Å²) in [4.78, 5) is 22.5. The maximum absolute atomic E-state index is 13.3. The average molecular weight is 481 g/mol. The second-order valence-corrected chi connectivity index (χ2v) is 7.77. The molecule has 0 radical (unpaired) electrons. The maximum atomic E-state index is 13.3. The minimum atomic E-state index is -4.58. The van der Waals surface area contributed by atoms with Crippen LogP contribution in [0, 0.1) is 0 Å². The molecule has 1 aromatic carbocycles. The van der Waals surface area contributed by atoms with Gasteiger partial charge in [-0.1, -0.05) is 0 Å². The molecule has 0 fully saturated rings. The average Bonchev–Trinajstić information content (AvgIpc) is 3.21. The van der Waals surface area contributed by atoms with Crippen LogP contribution in [0.25, 0.3) is 11.3 Å². The molecule has 178 valence electrons. The summed E-state index contributed by atoms with van der Waals surface area (Å²) in [7, 11) is 1.80. The Hall–Kier alpha value is -4.41. The number of carbonyl (C=O) groups excluding carboxylic acids is 1. The summed E-state index contributed by atoms with van der Waals surface area (Å²) in [6.07, 6.45) is 2.46. The number of benzene rings is 1. The smallest absolute Gasteiger partial charge is 0.417 e. The van der Waals surface area contributed by atoms with E-state index in [1.807, 2.05) is 6.20 Å². The van der Waals surface area contributed by atoms with Gasteiger partial charge in [0, 0.05) is 37.3 Å². The minimum Gasteiger partial charge on any atom is -0.491 e. The molecule has 5 rings (SSSR count). The topological polar surface area (TPSA) is 82.4 Å². The van der Waals surface area contributed by atoms with Crippen LogP contribution in [0.15, 0.2) is 67.4 Å². The van der Waals surface area contributed by atoms with E-state index < -0.39 is 17.6 Å². The monoisotopic (exact) mass is 481 g/mol. The lowest BCUT2D eigenvalue weighted by molar-refractivity contribution is -0.137. The first kappa shape index (κ1) is 22.4. The number of pyridine rings is 2. The first-order chi connectivity index (χ1) is 16.8. The van der Waals surface area contributed by atoms with E-state index in [1.54, 1.807) is 48.4 Å². The molecule has 1 aliphatic heterocycles. The van der Waals surface area contributed by atoms with E-state index in [9.17, 15) is 18.0 Å². The van der Waals surface area contributed by atoms with Crippen molar-refractivity contribution in [1.82, 2.24) is 19.7 Å². The molecule has 0 saturated heterocycles. The molecule has 35 heavy (non-hydrogen) atoms. The molecule has 8 nitrogen and oxygen atoms in total. The van der Waals surface area contributed by atoms with Crippen molar-refractivity contribution in [1.29, 1.82) is 0 Å². The Balaban J connectivity index is 1.43. The number of aryl methyl sites for hydroxylation is 1. The highest BCUT2D eigenvalue weighted by atomic mass is 19.4. The van der Waals surface area contributed by atoms with Crippen molar-refractivity contribution in [3.8, 4) is 28.5 Å². The SMILES string of the molecule is Cn1cc(-c2cc(Oc3ccc4c(c3)C(=O)N(c3cncc(C(F)(F)F)c3)CCO4)ccn2)cn1. The number of ether oxygens (including phenoxy) is 2. The van der Waals surface area contributed by atoms with Crippen LogP contribution in [-0.2, 0) is 13.2 Å². The third-order valence-corrected chi connectivity index (χ3v) is 5.33. The number of hydrogen-bond acceptors (Lipinski definition) is 6. The van der Waals surface area contributed by atoms with Crippen molar-refractivity contribution in [3.63, 3.8) is 0 Å². The van der Waals surface area contributed by atoms with Crippen LogP contribution < -0.4 is 14.4 Å². The van der Waals surface area contributed by atoms with Gasteiger partial charge in [0.2, 0.25) is 0 Å². The number of aromatic nitrogens is 4. The van der Waals surface area contributed by atoms with Crippen LogP contribution in [-0.4, -0.2) is 38.8 Å². The third kappa shape index (κ3) is 4.65. The summed E-state index contributed by atoms with van der Waals surface area (Å²) < 4.78 is 52.8. The van der Waals surface area contributed by atoms with Crippen molar-refractivity contribution in [2.75, 3.05) is 18.1 Å². The van der Waals surface area contributed by atoms with E-state index >= 15 is 0 Å². The summed E-state index contributed by atoms with van der Waals surface area (Å²) in [6, 6.07) is 9.05. The van der Waals surface area contributed by atoms with Crippen LogP contribution in [0.5, 0.6) is 17.2 Å². The molecule has 0 atom stereocenters. The zero-order valence-corrected chi connectivity index (χ0v) is 18.4. The third-order valence-electron chi connectivity index (χ3n) is 5.33. The number of anilines is 1. The van der Waals surface area contributed by atoms with Crippen molar-refractivity contribution >= 4 is 11.6 Å². The van der Waals surface area contributed by atoms with E-state index in [4.69, 9.17) is 9.47 Å². The van der Waals surface area contributed by atoms with Gasteiger partial charge in [0.25, 0.3) is 5.91 Å². The number of carbonyl (C=O) groups is 1. The predicted molar refractivity (Wildman–Crippen MR) is 119 cm³/mol. The molecule has 0 spiro atoms. The van der Waals surface area contributed by atoms with Gasteiger partial charge in [0.1, 0.15) is 23.9 Å². The number of amides is 1. The summed E-state index contributed by atoms with van der Waals surface area (Å²) in [5, 5.41) is 4.14. The molecule has 11 heteroatoms. The van der Waals surface area contributed by atoms with Gasteiger partial charge in [-0.3, -0.25) is 19.4 Å². The van der Waals surface area contributed by atoms with E-state index in [0.29, 0.717) is 22.9 Å². The van der Waals surface area contributed by atoms with E-state index in [0.717, 1.165) is 17.8 Å². The fraction of sp³-hybridized carbons (Fsp3) is 0.167. The Morgan fingerprint density at radius 2 is 1.89 bits per heavy atom. The highest BCUT2D eigenvalue weighted by Gasteiger charge is 2.33. The fourth-order valence-corrected chi connectivity index (χ4v) is 3.66. The van der Waals surface area contributed by atoms with Crippen molar-refractivity contribution in [3.05, 3.63) is 78.5 Å². The van der Waals surface area contributed by atoms with E-state index in [2.05, 4.69) is 15.1 Å². The molecule has 1 amide bonds. The lowest BCUT2D eigenvalue weighted by Gasteiger charge is -2.21. The summed E-state index contributed by atoms with van der Waals surface area (Å²) in [5.74, 6) is 0.637. The molecule has 0 aliphatic carbocycles. The largest absolute Gasteiger partial charge is 0.491 e. The molecular weight excluding hydrogens is 463 g/mol. The number of hydrogen-bond donors (Lipinski definition) is 0. The summed E-state index contributed by atoms with van der Waals surface area (Å²) in [5.41, 5.74) is 0.732. The zero-order chi connectivity index (χ0) is 24.6. The molecule has 0 saturated carbocycles. The molecule has 3 aromatic heterocycles. The number of rotatable bonds is 4. The highest BCUT2D eigenvalue weighted by Crippen LogP contribution is 2.34. The van der Waals surface area contributed by atoms with Gasteiger partial charge in [0.05, 0.1) is 41.4 Å². The molecule has 1 aliphatic rings. The second-order valence-electron chi connectivity index (χ2n) is 7.77. The number of alkyl halides is 3. The number of fused-ring (bicyclic) bond motifs is 1. The highest BCUT2D eigenvalue weighted by molar-refractivity contribution is 6.08. The predicted octanol–water partition coefficient (Wildman–Crippen LogP) is 4.73. The van der Waals surface area contributed by atoms with Gasteiger partial charge in [-0.25, -0.2) is 0 Å². The lowest BCUT2D eigenvalue weighted by Crippen LogP contribution is -2.32. The minimum absolute atomic E-state index is 0.0304. The summed E-state index contributed by atoms with van der Waals surface area (Å²) >= 11 is 0. The maximum Gasteiger partial charge on any atom is 0.417 e. The van der Waals surface area contributed by atoms with E-state index in [1.165, 1.54) is 17.2 Å². The molecule has 0 N–H and O–H groups in total. The lowest BCUT2D eigenvalue weighted by atomic mass is 10.1. The molecule has 0 bridgehead atoms. The molecule has 4 aromatic rings. The van der Waals surface area contributed by atoms with Crippen LogP contribution in [0.3, 0.4) is 0 Å². The molecule has 4 heterocycles.